The van der Waals surface area contributed by atoms with Gasteiger partial charge < -0.3 is 10.2 Å². The highest BCUT2D eigenvalue weighted by molar-refractivity contribution is 6.10. The maximum Gasteiger partial charge on any atom is 0.259 e. The summed E-state index contributed by atoms with van der Waals surface area (Å²) in [5.74, 6) is -2.30. The molecule has 0 atom stereocenters. The summed E-state index contributed by atoms with van der Waals surface area (Å²) in [7, 11) is 1.54. The zero-order valence-corrected chi connectivity index (χ0v) is 11.9. The number of hydrogen-bond donors (Lipinski definition) is 2. The number of piperazine rings is 1. The molecule has 0 aromatic carbocycles. The maximum atomic E-state index is 13.3. The Morgan fingerprint density at radius 1 is 1.48 bits per heavy atom. The van der Waals surface area contributed by atoms with Gasteiger partial charge in [-0.1, -0.05) is 0 Å². The Hall–Kier alpha value is -2.51. The molecule has 3 amide bonds. The van der Waals surface area contributed by atoms with Gasteiger partial charge >= 0.3 is 0 Å². The molecule has 8 heteroatoms. The SMILES string of the molecule is CNc1ncc(F)cc1C(=O)N1CC(=O)NC(=O)C1(C)C. The molecule has 0 bridgehead atoms. The number of nitrogens with one attached hydrogen (secondary N) is 2. The summed E-state index contributed by atoms with van der Waals surface area (Å²) in [4.78, 5) is 40.8. The number of halogens is 1. The van der Waals surface area contributed by atoms with Gasteiger partial charge in [0.15, 0.2) is 0 Å². The zero-order chi connectivity index (χ0) is 15.8. The minimum atomic E-state index is -1.22. The van der Waals surface area contributed by atoms with E-state index in [-0.39, 0.29) is 17.9 Å². The van der Waals surface area contributed by atoms with Crippen LogP contribution in [0.1, 0.15) is 24.2 Å². The summed E-state index contributed by atoms with van der Waals surface area (Å²) in [6.07, 6.45) is 0.974. The average Bonchev–Trinajstić information content (AvgIpc) is 2.42. The molecule has 21 heavy (non-hydrogen) atoms. The number of anilines is 1. The largest absolute Gasteiger partial charge is 0.372 e. The smallest absolute Gasteiger partial charge is 0.259 e. The van der Waals surface area contributed by atoms with Crippen LogP contribution in [-0.4, -0.2) is 46.7 Å². The Labute approximate surface area is 120 Å². The predicted molar refractivity (Wildman–Crippen MR) is 72.0 cm³/mol. The van der Waals surface area contributed by atoms with Crippen LogP contribution in [0, 0.1) is 5.82 Å². The molecule has 2 heterocycles. The van der Waals surface area contributed by atoms with E-state index in [4.69, 9.17) is 0 Å². The molecule has 1 aliphatic heterocycles. The van der Waals surface area contributed by atoms with E-state index in [2.05, 4.69) is 15.6 Å². The molecular weight excluding hydrogens is 279 g/mol. The average molecular weight is 294 g/mol. The lowest BCUT2D eigenvalue weighted by atomic mass is 9.97. The third kappa shape index (κ3) is 2.56. The second kappa shape index (κ2) is 5.12. The Balaban J connectivity index is 2.45. The fraction of sp³-hybridized carbons (Fsp3) is 0.385. The molecule has 2 rings (SSSR count). The summed E-state index contributed by atoms with van der Waals surface area (Å²) in [5, 5.41) is 4.85. The first-order chi connectivity index (χ1) is 9.77. The van der Waals surface area contributed by atoms with Crippen molar-refractivity contribution in [1.82, 2.24) is 15.2 Å². The van der Waals surface area contributed by atoms with Gasteiger partial charge in [-0.2, -0.15) is 0 Å². The summed E-state index contributed by atoms with van der Waals surface area (Å²) in [6, 6.07) is 1.02. The minimum absolute atomic E-state index is 0.0342. The van der Waals surface area contributed by atoms with E-state index in [1.807, 2.05) is 0 Å². The van der Waals surface area contributed by atoms with Gasteiger partial charge in [-0.3, -0.25) is 19.7 Å². The number of pyridine rings is 1. The number of amides is 3. The van der Waals surface area contributed by atoms with Crippen LogP contribution in [0.2, 0.25) is 0 Å². The van der Waals surface area contributed by atoms with Crippen molar-refractivity contribution in [1.29, 1.82) is 0 Å². The van der Waals surface area contributed by atoms with Crippen molar-refractivity contribution >= 4 is 23.5 Å². The van der Waals surface area contributed by atoms with Gasteiger partial charge in [0, 0.05) is 7.05 Å². The molecule has 0 unspecified atom stereocenters. The maximum absolute atomic E-state index is 13.3. The lowest BCUT2D eigenvalue weighted by molar-refractivity contribution is -0.143. The van der Waals surface area contributed by atoms with Crippen LogP contribution in [0.3, 0.4) is 0 Å². The van der Waals surface area contributed by atoms with Crippen molar-refractivity contribution < 1.29 is 18.8 Å². The van der Waals surface area contributed by atoms with Crippen molar-refractivity contribution in [2.24, 2.45) is 0 Å². The molecule has 1 saturated heterocycles. The number of carbonyl (C=O) groups is 3. The van der Waals surface area contributed by atoms with E-state index >= 15 is 0 Å². The summed E-state index contributed by atoms with van der Waals surface area (Å²) in [5.41, 5.74) is -1.25. The van der Waals surface area contributed by atoms with Crippen LogP contribution in [0.5, 0.6) is 0 Å². The molecule has 1 fully saturated rings. The first-order valence-corrected chi connectivity index (χ1v) is 6.27. The lowest BCUT2D eigenvalue weighted by Crippen LogP contribution is -2.65. The predicted octanol–water partition coefficient (Wildman–Crippen LogP) is 0.140. The van der Waals surface area contributed by atoms with Gasteiger partial charge in [0.2, 0.25) is 5.91 Å². The molecule has 0 spiro atoms. The molecule has 0 aliphatic carbocycles. The Morgan fingerprint density at radius 2 is 2.14 bits per heavy atom. The van der Waals surface area contributed by atoms with Crippen molar-refractivity contribution in [3.05, 3.63) is 23.6 Å². The summed E-state index contributed by atoms with van der Waals surface area (Å²) in [6.45, 7) is 2.74. The molecule has 0 radical (unpaired) electrons. The standard InChI is InChI=1S/C13H15FN4O3/c1-13(2)12(21)17-9(19)6-18(13)11(20)8-4-7(14)5-16-10(8)15-3/h4-5H,6H2,1-3H3,(H,15,16)(H,17,19,21). The van der Waals surface area contributed by atoms with Gasteiger partial charge in [-0.25, -0.2) is 9.37 Å². The van der Waals surface area contributed by atoms with Crippen molar-refractivity contribution in [3.8, 4) is 0 Å². The third-order valence-electron chi connectivity index (χ3n) is 3.35. The Morgan fingerprint density at radius 3 is 2.76 bits per heavy atom. The number of rotatable bonds is 2. The minimum Gasteiger partial charge on any atom is -0.372 e. The van der Waals surface area contributed by atoms with Crippen molar-refractivity contribution in [3.63, 3.8) is 0 Å². The highest BCUT2D eigenvalue weighted by atomic mass is 19.1. The van der Waals surface area contributed by atoms with Crippen LogP contribution in [0.25, 0.3) is 0 Å². The molecule has 1 aromatic rings. The highest BCUT2D eigenvalue weighted by Gasteiger charge is 2.44. The van der Waals surface area contributed by atoms with E-state index < -0.39 is 29.1 Å². The normalized spacial score (nSPS) is 17.4. The quantitative estimate of drug-likeness (QED) is 0.757. The van der Waals surface area contributed by atoms with Crippen LogP contribution >= 0.6 is 0 Å². The number of nitrogens with zero attached hydrogens (tertiary/aromatic N) is 2. The van der Waals surface area contributed by atoms with Crippen molar-refractivity contribution in [2.45, 2.75) is 19.4 Å². The first-order valence-electron chi connectivity index (χ1n) is 6.27. The van der Waals surface area contributed by atoms with Gasteiger partial charge in [0.05, 0.1) is 11.8 Å². The Bertz CT molecular complexity index is 630. The number of aromatic nitrogens is 1. The molecular formula is C13H15FN4O3. The van der Waals surface area contributed by atoms with E-state index in [1.54, 1.807) is 0 Å². The van der Waals surface area contributed by atoms with Crippen molar-refractivity contribution in [2.75, 3.05) is 18.9 Å². The molecule has 1 aliphatic rings. The topological polar surface area (TPSA) is 91.4 Å². The fourth-order valence-electron chi connectivity index (χ4n) is 2.06. The van der Waals surface area contributed by atoms with Gasteiger partial charge in [-0.05, 0) is 19.9 Å². The number of hydrogen-bond acceptors (Lipinski definition) is 5. The van der Waals surface area contributed by atoms with Gasteiger partial charge in [-0.15, -0.1) is 0 Å². The number of carbonyl (C=O) groups excluding carboxylic acids is 3. The molecule has 0 saturated carbocycles. The fourth-order valence-corrected chi connectivity index (χ4v) is 2.06. The van der Waals surface area contributed by atoms with Crippen LogP contribution in [-0.2, 0) is 9.59 Å². The van der Waals surface area contributed by atoms with Gasteiger partial charge in [0.1, 0.15) is 23.7 Å². The summed E-state index contributed by atoms with van der Waals surface area (Å²) >= 11 is 0. The van der Waals surface area contributed by atoms with Gasteiger partial charge in [0.25, 0.3) is 11.8 Å². The zero-order valence-electron chi connectivity index (χ0n) is 11.9. The molecule has 2 N–H and O–H groups in total. The van der Waals surface area contributed by atoms with E-state index in [9.17, 15) is 18.8 Å². The van der Waals surface area contributed by atoms with E-state index in [0.29, 0.717) is 0 Å². The Kier molecular flexibility index (Phi) is 3.63. The number of imide groups is 1. The lowest BCUT2D eigenvalue weighted by Gasteiger charge is -2.40. The summed E-state index contributed by atoms with van der Waals surface area (Å²) < 4.78 is 13.3. The first kappa shape index (κ1) is 14.9. The second-order valence-electron chi connectivity index (χ2n) is 5.13. The van der Waals surface area contributed by atoms with Crippen LogP contribution in [0.4, 0.5) is 10.2 Å². The molecule has 1 aromatic heterocycles. The third-order valence-corrected chi connectivity index (χ3v) is 3.35. The van der Waals surface area contributed by atoms with Crippen LogP contribution in [0.15, 0.2) is 12.3 Å². The second-order valence-corrected chi connectivity index (χ2v) is 5.13. The highest BCUT2D eigenvalue weighted by Crippen LogP contribution is 2.24. The molecule has 7 nitrogen and oxygen atoms in total. The van der Waals surface area contributed by atoms with Crippen LogP contribution < -0.4 is 10.6 Å². The monoisotopic (exact) mass is 294 g/mol. The van der Waals surface area contributed by atoms with E-state index in [1.165, 1.54) is 20.9 Å². The molecule has 112 valence electrons. The van der Waals surface area contributed by atoms with E-state index in [0.717, 1.165) is 17.2 Å².